The van der Waals surface area contributed by atoms with Gasteiger partial charge in [0.1, 0.15) is 11.6 Å². The second kappa shape index (κ2) is 5.13. The maximum atomic E-state index is 13.9. The van der Waals surface area contributed by atoms with Crippen LogP contribution in [0.2, 0.25) is 5.02 Å². The van der Waals surface area contributed by atoms with Crippen molar-refractivity contribution in [3.8, 4) is 11.1 Å². The Bertz CT molecular complexity index is 675. The van der Waals surface area contributed by atoms with E-state index in [9.17, 15) is 13.9 Å². The van der Waals surface area contributed by atoms with Crippen LogP contribution in [0.5, 0.6) is 0 Å². The largest absolute Gasteiger partial charge is 0.387 e. The normalized spacial score (nSPS) is 17.9. The summed E-state index contributed by atoms with van der Waals surface area (Å²) in [5.41, 5.74) is 2.29. The van der Waals surface area contributed by atoms with Crippen molar-refractivity contribution in [1.82, 2.24) is 5.32 Å². The van der Waals surface area contributed by atoms with Crippen LogP contribution in [0.15, 0.2) is 30.3 Å². The lowest BCUT2D eigenvalue weighted by molar-refractivity contribution is 0.165. The van der Waals surface area contributed by atoms with E-state index in [4.69, 9.17) is 11.6 Å². The number of aliphatic hydroxyl groups is 1. The highest BCUT2D eigenvalue weighted by atomic mass is 35.5. The summed E-state index contributed by atoms with van der Waals surface area (Å²) >= 11 is 6.12. The van der Waals surface area contributed by atoms with Crippen molar-refractivity contribution in [2.24, 2.45) is 0 Å². The summed E-state index contributed by atoms with van der Waals surface area (Å²) in [6, 6.07) is 6.79. The number of hydrogen-bond acceptors (Lipinski definition) is 2. The van der Waals surface area contributed by atoms with Gasteiger partial charge in [0.2, 0.25) is 0 Å². The van der Waals surface area contributed by atoms with Crippen molar-refractivity contribution >= 4 is 11.6 Å². The summed E-state index contributed by atoms with van der Waals surface area (Å²) < 4.78 is 27.0. The van der Waals surface area contributed by atoms with Crippen LogP contribution >= 0.6 is 11.6 Å². The third-order valence-electron chi connectivity index (χ3n) is 3.50. The van der Waals surface area contributed by atoms with Gasteiger partial charge >= 0.3 is 0 Å². The van der Waals surface area contributed by atoms with Crippen LogP contribution in [-0.4, -0.2) is 11.7 Å². The van der Waals surface area contributed by atoms with Gasteiger partial charge in [-0.3, -0.25) is 0 Å². The summed E-state index contributed by atoms with van der Waals surface area (Å²) in [7, 11) is 0. The molecule has 0 spiro atoms. The van der Waals surface area contributed by atoms with Gasteiger partial charge in [0.15, 0.2) is 0 Å². The molecule has 2 N–H and O–H groups in total. The van der Waals surface area contributed by atoms with Crippen molar-refractivity contribution in [3.63, 3.8) is 0 Å². The van der Waals surface area contributed by atoms with Crippen molar-refractivity contribution in [2.75, 3.05) is 6.54 Å². The lowest BCUT2D eigenvalue weighted by Gasteiger charge is -2.26. The first-order valence-electron chi connectivity index (χ1n) is 6.23. The van der Waals surface area contributed by atoms with Gasteiger partial charge in [-0.25, -0.2) is 8.78 Å². The summed E-state index contributed by atoms with van der Waals surface area (Å²) in [5, 5.41) is 13.5. The molecule has 0 amide bonds. The van der Waals surface area contributed by atoms with E-state index >= 15 is 0 Å². The summed E-state index contributed by atoms with van der Waals surface area (Å²) in [6.07, 6.45) is -0.727. The Balaban J connectivity index is 2.22. The van der Waals surface area contributed by atoms with E-state index in [1.54, 1.807) is 12.1 Å². The maximum absolute atomic E-state index is 13.9. The molecule has 2 aromatic rings. The Kier molecular flexibility index (Phi) is 3.46. The minimum atomic E-state index is -0.727. The highest BCUT2D eigenvalue weighted by Gasteiger charge is 2.24. The molecule has 1 atom stereocenters. The molecule has 0 radical (unpaired) electrons. The predicted octanol–water partition coefficient (Wildman–Crippen LogP) is 3.42. The monoisotopic (exact) mass is 295 g/mol. The van der Waals surface area contributed by atoms with Crippen molar-refractivity contribution in [2.45, 2.75) is 12.6 Å². The van der Waals surface area contributed by atoms with Gasteiger partial charge in [0.25, 0.3) is 0 Å². The van der Waals surface area contributed by atoms with E-state index in [-0.39, 0.29) is 0 Å². The molecule has 1 unspecified atom stereocenters. The van der Waals surface area contributed by atoms with E-state index in [0.29, 0.717) is 34.8 Å². The molecule has 2 aromatic carbocycles. The molecule has 1 aliphatic rings. The number of benzene rings is 2. The summed E-state index contributed by atoms with van der Waals surface area (Å²) in [5.74, 6) is -1.25. The first-order chi connectivity index (χ1) is 9.58. The molecule has 0 saturated heterocycles. The van der Waals surface area contributed by atoms with Crippen LogP contribution in [0.25, 0.3) is 11.1 Å². The number of nitrogens with one attached hydrogen (secondary N) is 1. The van der Waals surface area contributed by atoms with Gasteiger partial charge in [-0.1, -0.05) is 17.7 Å². The average Bonchev–Trinajstić information content (AvgIpc) is 2.40. The van der Waals surface area contributed by atoms with Crippen LogP contribution in [0.4, 0.5) is 8.78 Å². The van der Waals surface area contributed by atoms with E-state index < -0.39 is 17.7 Å². The van der Waals surface area contributed by atoms with E-state index in [0.717, 1.165) is 11.6 Å². The Morgan fingerprint density at radius 2 is 1.90 bits per heavy atom. The highest BCUT2D eigenvalue weighted by molar-refractivity contribution is 6.31. The number of halogens is 3. The molecule has 0 aliphatic carbocycles. The fourth-order valence-corrected chi connectivity index (χ4v) is 2.89. The number of β-amino-alcohol motifs (C(OH)–C–C–N with tert-alkyl or cyclic N) is 1. The molecule has 104 valence electrons. The maximum Gasteiger partial charge on any atom is 0.133 e. The first kappa shape index (κ1) is 13.5. The van der Waals surface area contributed by atoms with Crippen LogP contribution in [0.1, 0.15) is 17.2 Å². The van der Waals surface area contributed by atoms with Crippen LogP contribution < -0.4 is 5.32 Å². The predicted molar refractivity (Wildman–Crippen MR) is 73.5 cm³/mol. The highest BCUT2D eigenvalue weighted by Crippen LogP contribution is 2.37. The quantitative estimate of drug-likeness (QED) is 0.845. The third-order valence-corrected chi connectivity index (χ3v) is 3.83. The lowest BCUT2D eigenvalue weighted by atomic mass is 9.90. The fourth-order valence-electron chi connectivity index (χ4n) is 2.58. The van der Waals surface area contributed by atoms with Gasteiger partial charge in [-0.2, -0.15) is 0 Å². The van der Waals surface area contributed by atoms with Crippen LogP contribution in [-0.2, 0) is 6.54 Å². The Morgan fingerprint density at radius 1 is 1.15 bits per heavy atom. The minimum absolute atomic E-state index is 0.301. The lowest BCUT2D eigenvalue weighted by Crippen LogP contribution is -2.28. The summed E-state index contributed by atoms with van der Waals surface area (Å²) in [4.78, 5) is 0. The standard InChI is InChI=1S/C15H12ClF2NO/c16-12-4-3-9(10-2-1-8(17)5-13(10)18)11-6-19-7-14(20)15(11)12/h1-5,14,19-20H,6-7H2. The second-order valence-electron chi connectivity index (χ2n) is 4.76. The van der Waals surface area contributed by atoms with E-state index in [1.807, 2.05) is 0 Å². The molecule has 0 bridgehead atoms. The van der Waals surface area contributed by atoms with Crippen molar-refractivity contribution in [1.29, 1.82) is 0 Å². The fraction of sp³-hybridized carbons (Fsp3) is 0.200. The number of rotatable bonds is 1. The van der Waals surface area contributed by atoms with Crippen LogP contribution in [0, 0.1) is 11.6 Å². The molecular formula is C15H12ClF2NO. The third kappa shape index (κ3) is 2.20. The molecule has 0 aromatic heterocycles. The van der Waals surface area contributed by atoms with Crippen LogP contribution in [0.3, 0.4) is 0 Å². The number of aliphatic hydroxyl groups excluding tert-OH is 1. The van der Waals surface area contributed by atoms with Gasteiger partial charge in [-0.15, -0.1) is 0 Å². The Hall–Kier alpha value is -1.49. The second-order valence-corrected chi connectivity index (χ2v) is 5.17. The average molecular weight is 296 g/mol. The topological polar surface area (TPSA) is 32.3 Å². The zero-order valence-corrected chi connectivity index (χ0v) is 11.2. The van der Waals surface area contributed by atoms with Gasteiger partial charge in [0, 0.05) is 35.3 Å². The molecular weight excluding hydrogens is 284 g/mol. The van der Waals surface area contributed by atoms with E-state index in [2.05, 4.69) is 5.32 Å². The molecule has 1 heterocycles. The molecule has 1 aliphatic heterocycles. The molecule has 0 saturated carbocycles. The summed E-state index contributed by atoms with van der Waals surface area (Å²) in [6.45, 7) is 0.890. The molecule has 2 nitrogen and oxygen atoms in total. The minimum Gasteiger partial charge on any atom is -0.387 e. The van der Waals surface area contributed by atoms with Crippen molar-refractivity contribution < 1.29 is 13.9 Å². The van der Waals surface area contributed by atoms with Gasteiger partial charge < -0.3 is 10.4 Å². The zero-order chi connectivity index (χ0) is 14.3. The molecule has 5 heteroatoms. The Labute approximate surface area is 120 Å². The van der Waals surface area contributed by atoms with Gasteiger partial charge in [0.05, 0.1) is 6.10 Å². The van der Waals surface area contributed by atoms with Crippen molar-refractivity contribution in [3.05, 3.63) is 58.1 Å². The molecule has 0 fully saturated rings. The molecule has 3 rings (SSSR count). The number of hydrogen-bond donors (Lipinski definition) is 2. The Morgan fingerprint density at radius 3 is 2.65 bits per heavy atom. The smallest absolute Gasteiger partial charge is 0.133 e. The number of fused-ring (bicyclic) bond motifs is 1. The van der Waals surface area contributed by atoms with E-state index in [1.165, 1.54) is 12.1 Å². The SMILES string of the molecule is OC1CNCc2c(-c3ccc(F)cc3F)ccc(Cl)c21. The molecule has 20 heavy (non-hydrogen) atoms. The zero-order valence-electron chi connectivity index (χ0n) is 10.5. The van der Waals surface area contributed by atoms with Gasteiger partial charge in [-0.05, 0) is 29.3 Å². The first-order valence-corrected chi connectivity index (χ1v) is 6.61.